The van der Waals surface area contributed by atoms with E-state index in [0.29, 0.717) is 17.1 Å². The van der Waals surface area contributed by atoms with E-state index in [1.807, 2.05) is 0 Å². The Kier molecular flexibility index (Phi) is 7.02. The maximum absolute atomic E-state index is 12.9. The van der Waals surface area contributed by atoms with Crippen LogP contribution in [0, 0.1) is 5.82 Å². The molecule has 1 aromatic heterocycles. The van der Waals surface area contributed by atoms with Crippen molar-refractivity contribution in [2.75, 3.05) is 10.6 Å². The molecule has 0 radical (unpaired) electrons. The molecule has 3 rings (SSSR count). The Morgan fingerprint density at radius 1 is 1.07 bits per heavy atom. The van der Waals surface area contributed by atoms with E-state index >= 15 is 0 Å². The third kappa shape index (κ3) is 6.31. The summed E-state index contributed by atoms with van der Waals surface area (Å²) in [7, 11) is 0. The molecule has 0 aliphatic carbocycles. The highest BCUT2D eigenvalue weighted by molar-refractivity contribution is 8.00. The quantitative estimate of drug-likeness (QED) is 0.523. The number of rotatable bonds is 8. The van der Waals surface area contributed by atoms with Crippen molar-refractivity contribution < 1.29 is 23.1 Å². The van der Waals surface area contributed by atoms with E-state index < -0.39 is 5.25 Å². The molecule has 8 nitrogen and oxygen atoms in total. The summed E-state index contributed by atoms with van der Waals surface area (Å²) in [5.74, 6) is -0.0489. The lowest BCUT2D eigenvalue weighted by Gasteiger charge is -2.10. The van der Waals surface area contributed by atoms with Gasteiger partial charge in [0.05, 0.1) is 5.25 Å². The summed E-state index contributed by atoms with van der Waals surface area (Å²) >= 11 is 1.11. The van der Waals surface area contributed by atoms with Gasteiger partial charge in [0.15, 0.2) is 6.61 Å². The Balaban J connectivity index is 1.49. The summed E-state index contributed by atoms with van der Waals surface area (Å²) in [5.41, 5.74) is 1.24. The van der Waals surface area contributed by atoms with Crippen LogP contribution in [0.4, 0.5) is 15.8 Å². The van der Waals surface area contributed by atoms with Gasteiger partial charge in [-0.05, 0) is 55.5 Å². The van der Waals surface area contributed by atoms with Crippen LogP contribution in [0.25, 0.3) is 0 Å². The lowest BCUT2D eigenvalue weighted by molar-refractivity contribution is -0.115. The molecule has 0 bridgehead atoms. The van der Waals surface area contributed by atoms with E-state index in [2.05, 4.69) is 20.8 Å². The average Bonchev–Trinajstić information content (AvgIpc) is 3.16. The monoisotopic (exact) mass is 430 g/mol. The van der Waals surface area contributed by atoms with Crippen LogP contribution in [-0.4, -0.2) is 27.3 Å². The van der Waals surface area contributed by atoms with Crippen LogP contribution < -0.4 is 15.4 Å². The first-order valence-electron chi connectivity index (χ1n) is 8.95. The Labute approximate surface area is 176 Å². The number of benzene rings is 2. The molecule has 3 aromatic rings. The smallest absolute Gasteiger partial charge is 0.277 e. The fourth-order valence-electron chi connectivity index (χ4n) is 2.31. The summed E-state index contributed by atoms with van der Waals surface area (Å²) in [6.45, 7) is 3.16. The molecule has 0 aliphatic rings. The molecule has 156 valence electrons. The lowest BCUT2D eigenvalue weighted by Crippen LogP contribution is -2.22. The molecule has 0 fully saturated rings. The van der Waals surface area contributed by atoms with Gasteiger partial charge in [-0.15, -0.1) is 10.2 Å². The number of halogens is 1. The van der Waals surface area contributed by atoms with Gasteiger partial charge in [0, 0.05) is 18.3 Å². The van der Waals surface area contributed by atoms with Gasteiger partial charge in [-0.3, -0.25) is 9.59 Å². The summed E-state index contributed by atoms with van der Waals surface area (Å²) < 4.78 is 23.8. The molecule has 10 heteroatoms. The van der Waals surface area contributed by atoms with Gasteiger partial charge >= 0.3 is 0 Å². The molecule has 0 saturated carbocycles. The van der Waals surface area contributed by atoms with Gasteiger partial charge in [-0.25, -0.2) is 4.39 Å². The van der Waals surface area contributed by atoms with Crippen LogP contribution in [0.5, 0.6) is 5.75 Å². The zero-order valence-corrected chi connectivity index (χ0v) is 17.0. The van der Waals surface area contributed by atoms with E-state index in [9.17, 15) is 14.0 Å². The molecule has 2 aromatic carbocycles. The van der Waals surface area contributed by atoms with Gasteiger partial charge < -0.3 is 19.8 Å². The van der Waals surface area contributed by atoms with E-state index in [4.69, 9.17) is 9.15 Å². The van der Waals surface area contributed by atoms with E-state index in [1.165, 1.54) is 31.2 Å². The van der Waals surface area contributed by atoms with Crippen LogP contribution in [-0.2, 0) is 16.2 Å². The fraction of sp³-hybridized carbons (Fsp3) is 0.200. The maximum atomic E-state index is 12.9. The first-order valence-corrected chi connectivity index (χ1v) is 9.83. The van der Waals surface area contributed by atoms with Crippen molar-refractivity contribution in [2.45, 2.75) is 30.9 Å². The zero-order chi connectivity index (χ0) is 21.5. The van der Waals surface area contributed by atoms with Gasteiger partial charge in [-0.2, -0.15) is 0 Å². The van der Waals surface area contributed by atoms with Crippen molar-refractivity contribution in [1.82, 2.24) is 10.2 Å². The molecule has 30 heavy (non-hydrogen) atoms. The van der Waals surface area contributed by atoms with Gasteiger partial charge in [0.2, 0.25) is 11.8 Å². The van der Waals surface area contributed by atoms with Crippen LogP contribution in [0.3, 0.4) is 0 Å². The first-order chi connectivity index (χ1) is 14.4. The van der Waals surface area contributed by atoms with Crippen molar-refractivity contribution in [3.8, 4) is 5.75 Å². The predicted molar refractivity (Wildman–Crippen MR) is 110 cm³/mol. The molecular weight excluding hydrogens is 411 g/mol. The maximum Gasteiger partial charge on any atom is 0.277 e. The predicted octanol–water partition coefficient (Wildman–Crippen LogP) is 3.87. The molecule has 2 amide bonds. The van der Waals surface area contributed by atoms with Crippen molar-refractivity contribution in [3.05, 3.63) is 60.2 Å². The zero-order valence-electron chi connectivity index (χ0n) is 16.2. The minimum absolute atomic E-state index is 0.0282. The number of carbonyl (C=O) groups is 2. The largest absolute Gasteiger partial charge is 0.484 e. The number of amides is 2. The van der Waals surface area contributed by atoms with E-state index in [-0.39, 0.29) is 35.4 Å². The number of aromatic nitrogens is 2. The third-order valence-corrected chi connectivity index (χ3v) is 4.68. The summed E-state index contributed by atoms with van der Waals surface area (Å²) in [4.78, 5) is 23.4. The standard InChI is InChI=1S/C20H19FN4O4S/c1-12(19(27)23-16-7-5-15(6-8-16)22-13(2)26)30-20-25-24-18(29-20)11-28-17-9-3-14(21)4-10-17/h3-10,12H,11H2,1-2H3,(H,22,26)(H,23,27)/t12-/m1/s1. The van der Waals surface area contributed by atoms with Crippen LogP contribution in [0.1, 0.15) is 19.7 Å². The summed E-state index contributed by atoms with van der Waals surface area (Å²) in [6, 6.07) is 12.3. The van der Waals surface area contributed by atoms with Gasteiger partial charge in [0.25, 0.3) is 11.1 Å². The average molecular weight is 430 g/mol. The molecule has 1 atom stereocenters. The van der Waals surface area contributed by atoms with Crippen molar-refractivity contribution in [1.29, 1.82) is 0 Å². The Bertz CT molecular complexity index is 1010. The molecule has 0 unspecified atom stereocenters. The van der Waals surface area contributed by atoms with E-state index in [0.717, 1.165) is 11.8 Å². The fourth-order valence-corrected chi connectivity index (χ4v) is 3.01. The van der Waals surface area contributed by atoms with Gasteiger partial charge in [0.1, 0.15) is 11.6 Å². The van der Waals surface area contributed by atoms with Crippen LogP contribution >= 0.6 is 11.8 Å². The number of ether oxygens (including phenoxy) is 1. The minimum Gasteiger partial charge on any atom is -0.484 e. The highest BCUT2D eigenvalue weighted by Crippen LogP contribution is 2.24. The van der Waals surface area contributed by atoms with Crippen molar-refractivity contribution >= 4 is 35.0 Å². The van der Waals surface area contributed by atoms with Crippen molar-refractivity contribution in [3.63, 3.8) is 0 Å². The number of nitrogens with zero attached hydrogens (tertiary/aromatic N) is 2. The summed E-state index contributed by atoms with van der Waals surface area (Å²) in [6.07, 6.45) is 0. The lowest BCUT2D eigenvalue weighted by atomic mass is 10.2. The summed E-state index contributed by atoms with van der Waals surface area (Å²) in [5, 5.41) is 13.0. The molecule has 0 saturated heterocycles. The first kappa shape index (κ1) is 21.3. The van der Waals surface area contributed by atoms with E-state index in [1.54, 1.807) is 31.2 Å². The highest BCUT2D eigenvalue weighted by Gasteiger charge is 2.18. The third-order valence-electron chi connectivity index (χ3n) is 3.74. The van der Waals surface area contributed by atoms with Crippen molar-refractivity contribution in [2.24, 2.45) is 0 Å². The van der Waals surface area contributed by atoms with Crippen LogP contribution in [0.2, 0.25) is 0 Å². The Morgan fingerprint density at radius 2 is 1.70 bits per heavy atom. The normalized spacial score (nSPS) is 11.6. The molecular formula is C20H19FN4O4S. The number of nitrogens with one attached hydrogen (secondary N) is 2. The molecule has 0 spiro atoms. The number of thioether (sulfide) groups is 1. The van der Waals surface area contributed by atoms with Crippen LogP contribution in [0.15, 0.2) is 58.2 Å². The second-order valence-corrected chi connectivity index (χ2v) is 7.50. The van der Waals surface area contributed by atoms with Gasteiger partial charge in [-0.1, -0.05) is 11.8 Å². The number of anilines is 2. The Hall–Kier alpha value is -3.40. The number of hydrogen-bond acceptors (Lipinski definition) is 7. The SMILES string of the molecule is CC(=O)Nc1ccc(NC(=O)[C@@H](C)Sc2nnc(COc3ccc(F)cc3)o2)cc1. The number of hydrogen-bond donors (Lipinski definition) is 2. The molecule has 0 aliphatic heterocycles. The molecule has 2 N–H and O–H groups in total. The number of carbonyl (C=O) groups excluding carboxylic acids is 2. The Morgan fingerprint density at radius 3 is 2.33 bits per heavy atom. The highest BCUT2D eigenvalue weighted by atomic mass is 32.2. The second-order valence-electron chi connectivity index (χ2n) is 6.21. The topological polar surface area (TPSA) is 106 Å². The molecule has 1 heterocycles. The minimum atomic E-state index is -0.494. The second kappa shape index (κ2) is 9.88.